The second-order valence-corrected chi connectivity index (χ2v) is 6.22. The molecule has 0 aliphatic carbocycles. The molecule has 4 heteroatoms. The van der Waals surface area contributed by atoms with Gasteiger partial charge in [0.2, 0.25) is 6.79 Å². The van der Waals surface area contributed by atoms with E-state index in [1.165, 1.54) is 0 Å². The minimum absolute atomic E-state index is 0.276. The highest BCUT2D eigenvalue weighted by Gasteiger charge is 2.17. The molecule has 1 aliphatic heterocycles. The van der Waals surface area contributed by atoms with Crippen LogP contribution >= 0.6 is 0 Å². The summed E-state index contributed by atoms with van der Waals surface area (Å²) in [5, 5.41) is 1.07. The maximum atomic E-state index is 6.14. The second kappa shape index (κ2) is 6.15. The number of rotatable bonds is 4. The van der Waals surface area contributed by atoms with E-state index in [2.05, 4.69) is 23.2 Å². The molecule has 3 aromatic carbocycles. The summed E-state index contributed by atoms with van der Waals surface area (Å²) in [6.45, 7) is 0.809. The summed E-state index contributed by atoms with van der Waals surface area (Å²) in [4.78, 5) is 3.34. The SMILES string of the molecule is c1ccc(COc2cccc3[nH]cc(-c4ccc5c(c4)OCO5)c23)cc1. The molecule has 0 atom stereocenters. The maximum absolute atomic E-state index is 6.14. The van der Waals surface area contributed by atoms with Crippen molar-refractivity contribution in [3.63, 3.8) is 0 Å². The lowest BCUT2D eigenvalue weighted by Gasteiger charge is -2.10. The zero-order chi connectivity index (χ0) is 17.3. The lowest BCUT2D eigenvalue weighted by Crippen LogP contribution is -1.95. The molecule has 0 saturated carbocycles. The normalized spacial score (nSPS) is 12.5. The quantitative estimate of drug-likeness (QED) is 0.558. The number of aromatic amines is 1. The first-order valence-corrected chi connectivity index (χ1v) is 8.55. The van der Waals surface area contributed by atoms with Crippen molar-refractivity contribution in [2.75, 3.05) is 6.79 Å². The predicted octanol–water partition coefficient (Wildman–Crippen LogP) is 5.14. The fraction of sp³-hybridized carbons (Fsp3) is 0.0909. The minimum atomic E-state index is 0.276. The van der Waals surface area contributed by atoms with Gasteiger partial charge < -0.3 is 19.2 Å². The predicted molar refractivity (Wildman–Crippen MR) is 101 cm³/mol. The largest absolute Gasteiger partial charge is 0.488 e. The molecule has 0 fully saturated rings. The molecule has 5 rings (SSSR count). The Morgan fingerprint density at radius 1 is 0.885 bits per heavy atom. The molecule has 2 heterocycles. The van der Waals surface area contributed by atoms with Crippen LogP contribution in [0.4, 0.5) is 0 Å². The summed E-state index contributed by atoms with van der Waals surface area (Å²) in [6, 6.07) is 22.3. The molecule has 0 saturated heterocycles. The van der Waals surface area contributed by atoms with Crippen molar-refractivity contribution in [2.45, 2.75) is 6.61 Å². The highest BCUT2D eigenvalue weighted by Crippen LogP contribution is 2.40. The number of ether oxygens (including phenoxy) is 3. The lowest BCUT2D eigenvalue weighted by molar-refractivity contribution is 0.174. The van der Waals surface area contributed by atoms with Gasteiger partial charge in [-0.05, 0) is 35.4 Å². The van der Waals surface area contributed by atoms with E-state index in [0.29, 0.717) is 6.61 Å². The first kappa shape index (κ1) is 14.9. The molecule has 26 heavy (non-hydrogen) atoms. The Labute approximate surface area is 151 Å². The van der Waals surface area contributed by atoms with Gasteiger partial charge in [0.25, 0.3) is 0 Å². The molecule has 0 bridgehead atoms. The van der Waals surface area contributed by atoms with Gasteiger partial charge in [0.05, 0.1) is 0 Å². The first-order valence-electron chi connectivity index (χ1n) is 8.55. The number of nitrogens with one attached hydrogen (secondary N) is 1. The number of fused-ring (bicyclic) bond motifs is 2. The average molecular weight is 343 g/mol. The van der Waals surface area contributed by atoms with Crippen molar-refractivity contribution in [3.8, 4) is 28.4 Å². The van der Waals surface area contributed by atoms with E-state index >= 15 is 0 Å². The zero-order valence-corrected chi connectivity index (χ0v) is 14.1. The Morgan fingerprint density at radius 3 is 2.69 bits per heavy atom. The van der Waals surface area contributed by atoms with Crippen molar-refractivity contribution in [3.05, 3.63) is 78.5 Å². The maximum Gasteiger partial charge on any atom is 0.231 e. The third-order valence-electron chi connectivity index (χ3n) is 4.59. The Bertz CT molecular complexity index is 1070. The molecule has 0 amide bonds. The Balaban J connectivity index is 1.54. The van der Waals surface area contributed by atoms with Crippen LogP contribution in [0.1, 0.15) is 5.56 Å². The van der Waals surface area contributed by atoms with Crippen LogP contribution in [0.2, 0.25) is 0 Å². The van der Waals surface area contributed by atoms with Crippen LogP contribution in [-0.2, 0) is 6.61 Å². The van der Waals surface area contributed by atoms with Crippen LogP contribution in [0.15, 0.2) is 72.9 Å². The minimum Gasteiger partial charge on any atom is -0.488 e. The fourth-order valence-electron chi connectivity index (χ4n) is 3.30. The summed E-state index contributed by atoms with van der Waals surface area (Å²) in [5.41, 5.74) is 4.34. The Morgan fingerprint density at radius 2 is 1.77 bits per heavy atom. The van der Waals surface area contributed by atoms with Crippen molar-refractivity contribution < 1.29 is 14.2 Å². The van der Waals surface area contributed by atoms with Crippen LogP contribution in [0.25, 0.3) is 22.0 Å². The van der Waals surface area contributed by atoms with Crippen LogP contribution < -0.4 is 14.2 Å². The number of hydrogen-bond donors (Lipinski definition) is 1. The van der Waals surface area contributed by atoms with E-state index in [9.17, 15) is 0 Å². The summed E-state index contributed by atoms with van der Waals surface area (Å²) in [6.07, 6.45) is 2.01. The molecule has 0 radical (unpaired) electrons. The molecule has 1 N–H and O–H groups in total. The van der Waals surface area contributed by atoms with Gasteiger partial charge >= 0.3 is 0 Å². The number of H-pyrrole nitrogens is 1. The summed E-state index contributed by atoms with van der Waals surface area (Å²) in [5.74, 6) is 2.42. The lowest BCUT2D eigenvalue weighted by atomic mass is 10.0. The van der Waals surface area contributed by atoms with E-state index in [0.717, 1.165) is 44.8 Å². The zero-order valence-electron chi connectivity index (χ0n) is 14.1. The highest BCUT2D eigenvalue weighted by molar-refractivity contribution is 6.00. The third-order valence-corrected chi connectivity index (χ3v) is 4.59. The van der Waals surface area contributed by atoms with Crippen molar-refractivity contribution in [2.24, 2.45) is 0 Å². The molecule has 4 aromatic rings. The summed E-state index contributed by atoms with van der Waals surface area (Å²) >= 11 is 0. The molecule has 128 valence electrons. The van der Waals surface area contributed by atoms with Gasteiger partial charge in [-0.3, -0.25) is 0 Å². The fourth-order valence-corrected chi connectivity index (χ4v) is 3.30. The van der Waals surface area contributed by atoms with E-state index in [-0.39, 0.29) is 6.79 Å². The van der Waals surface area contributed by atoms with Crippen LogP contribution in [0.5, 0.6) is 17.2 Å². The van der Waals surface area contributed by atoms with Gasteiger partial charge in [0.1, 0.15) is 12.4 Å². The number of aromatic nitrogens is 1. The monoisotopic (exact) mass is 343 g/mol. The van der Waals surface area contributed by atoms with Crippen molar-refractivity contribution in [1.82, 2.24) is 4.98 Å². The van der Waals surface area contributed by atoms with Crippen LogP contribution in [-0.4, -0.2) is 11.8 Å². The topological polar surface area (TPSA) is 43.5 Å². The molecule has 1 aliphatic rings. The molecule has 0 unspecified atom stereocenters. The van der Waals surface area contributed by atoms with Gasteiger partial charge in [-0.25, -0.2) is 0 Å². The van der Waals surface area contributed by atoms with Gasteiger partial charge in [-0.2, -0.15) is 0 Å². The van der Waals surface area contributed by atoms with Crippen LogP contribution in [0, 0.1) is 0 Å². The van der Waals surface area contributed by atoms with Crippen molar-refractivity contribution >= 4 is 10.9 Å². The third kappa shape index (κ3) is 2.56. The molecular formula is C22H17NO3. The van der Waals surface area contributed by atoms with Gasteiger partial charge in [0.15, 0.2) is 11.5 Å². The summed E-state index contributed by atoms with van der Waals surface area (Å²) < 4.78 is 17.1. The average Bonchev–Trinajstić information content (AvgIpc) is 3.33. The van der Waals surface area contributed by atoms with E-state index in [1.807, 2.05) is 54.7 Å². The second-order valence-electron chi connectivity index (χ2n) is 6.22. The van der Waals surface area contributed by atoms with Gasteiger partial charge in [-0.1, -0.05) is 42.5 Å². The van der Waals surface area contributed by atoms with E-state index < -0.39 is 0 Å². The van der Waals surface area contributed by atoms with Crippen molar-refractivity contribution in [1.29, 1.82) is 0 Å². The Hall–Kier alpha value is -3.40. The molecule has 0 spiro atoms. The molecular weight excluding hydrogens is 326 g/mol. The molecule has 1 aromatic heterocycles. The highest BCUT2D eigenvalue weighted by atomic mass is 16.7. The number of hydrogen-bond acceptors (Lipinski definition) is 3. The van der Waals surface area contributed by atoms with E-state index in [4.69, 9.17) is 14.2 Å². The van der Waals surface area contributed by atoms with Crippen LogP contribution in [0.3, 0.4) is 0 Å². The first-order chi connectivity index (χ1) is 12.9. The molecule has 4 nitrogen and oxygen atoms in total. The summed E-state index contributed by atoms with van der Waals surface area (Å²) in [7, 11) is 0. The van der Waals surface area contributed by atoms with Gasteiger partial charge in [0, 0.05) is 22.7 Å². The Kier molecular flexibility index (Phi) is 3.53. The van der Waals surface area contributed by atoms with Gasteiger partial charge in [-0.15, -0.1) is 0 Å². The number of benzene rings is 3. The van der Waals surface area contributed by atoms with E-state index in [1.54, 1.807) is 0 Å². The smallest absolute Gasteiger partial charge is 0.231 e. The standard InChI is InChI=1S/C22H17NO3/c1-2-5-15(6-3-1)13-24-20-8-4-7-18-22(20)17(12-23-18)16-9-10-19-21(11-16)26-14-25-19/h1-12,23H,13-14H2.